The van der Waals surface area contributed by atoms with Gasteiger partial charge in [-0.1, -0.05) is 32.9 Å². The van der Waals surface area contributed by atoms with Crippen LogP contribution in [0.5, 0.6) is 0 Å². The Labute approximate surface area is 188 Å². The molecule has 3 rings (SSSR count). The van der Waals surface area contributed by atoms with E-state index in [0.717, 1.165) is 0 Å². The molecule has 0 atom stereocenters. The molecule has 0 bridgehead atoms. The maximum Gasteiger partial charge on any atom is 0.317 e. The zero-order valence-electron chi connectivity index (χ0n) is 18.8. The van der Waals surface area contributed by atoms with Crippen LogP contribution in [-0.4, -0.2) is 42.5 Å². The van der Waals surface area contributed by atoms with Gasteiger partial charge in [-0.15, -0.1) is 0 Å². The van der Waals surface area contributed by atoms with Gasteiger partial charge in [-0.25, -0.2) is 4.79 Å². The molecule has 0 aliphatic carbocycles. The van der Waals surface area contributed by atoms with Crippen molar-refractivity contribution in [3.63, 3.8) is 0 Å². The zero-order valence-corrected chi connectivity index (χ0v) is 18.8. The van der Waals surface area contributed by atoms with Gasteiger partial charge in [-0.3, -0.25) is 9.59 Å². The van der Waals surface area contributed by atoms with Crippen molar-refractivity contribution >= 4 is 23.6 Å². The van der Waals surface area contributed by atoms with E-state index in [1.54, 1.807) is 23.3 Å². The van der Waals surface area contributed by atoms with Crippen LogP contribution in [-0.2, 0) is 26.3 Å². The molecule has 0 radical (unpaired) electrons. The maximum atomic E-state index is 12.3. The van der Waals surface area contributed by atoms with Crippen LogP contribution in [0.15, 0.2) is 47.1 Å². The lowest BCUT2D eigenvalue weighted by atomic mass is 9.87. The molecule has 172 valence electrons. The zero-order chi connectivity index (χ0) is 23.1. The lowest BCUT2D eigenvalue weighted by Gasteiger charge is -2.30. The van der Waals surface area contributed by atoms with Crippen LogP contribution >= 0.6 is 0 Å². The smallest absolute Gasteiger partial charge is 0.317 e. The monoisotopic (exact) mass is 441 g/mol. The number of carbonyl (C=O) groups excluding carboxylic acids is 3. The molecule has 32 heavy (non-hydrogen) atoms. The average Bonchev–Trinajstić information content (AvgIpc) is 3.29. The second-order valence-electron chi connectivity index (χ2n) is 8.98. The van der Waals surface area contributed by atoms with Gasteiger partial charge >= 0.3 is 12.0 Å². The van der Waals surface area contributed by atoms with Gasteiger partial charge in [0.2, 0.25) is 0 Å². The van der Waals surface area contributed by atoms with Crippen molar-refractivity contribution in [2.45, 2.75) is 45.6 Å². The molecular formula is C24H31N3O5. The fourth-order valence-electron chi connectivity index (χ4n) is 3.51. The van der Waals surface area contributed by atoms with Crippen molar-refractivity contribution in [3.8, 4) is 0 Å². The Morgan fingerprint density at radius 3 is 2.38 bits per heavy atom. The standard InChI is InChI=1S/C24H31N3O5/c1-24(2,3)18-6-8-19(9-7-18)26-21(28)16-32-22(29)17-10-12-27(13-11-17)23(30)25-15-20-5-4-14-31-20/h4-9,14,17H,10-13,15-16H2,1-3H3,(H,25,30)(H,26,28). The number of anilines is 1. The molecule has 8 nitrogen and oxygen atoms in total. The van der Waals surface area contributed by atoms with Crippen molar-refractivity contribution in [1.82, 2.24) is 10.2 Å². The highest BCUT2D eigenvalue weighted by molar-refractivity contribution is 5.93. The van der Waals surface area contributed by atoms with E-state index in [1.807, 2.05) is 24.3 Å². The quantitative estimate of drug-likeness (QED) is 0.666. The van der Waals surface area contributed by atoms with E-state index >= 15 is 0 Å². The highest BCUT2D eigenvalue weighted by Crippen LogP contribution is 2.23. The van der Waals surface area contributed by atoms with Crippen LogP contribution in [0.1, 0.15) is 44.9 Å². The maximum absolute atomic E-state index is 12.3. The third kappa shape index (κ3) is 6.60. The summed E-state index contributed by atoms with van der Waals surface area (Å²) >= 11 is 0. The van der Waals surface area contributed by atoms with Gasteiger partial charge in [0.1, 0.15) is 5.76 Å². The highest BCUT2D eigenvalue weighted by Gasteiger charge is 2.28. The number of likely N-dealkylation sites (tertiary alicyclic amines) is 1. The van der Waals surface area contributed by atoms with Crippen molar-refractivity contribution in [1.29, 1.82) is 0 Å². The van der Waals surface area contributed by atoms with Crippen molar-refractivity contribution in [3.05, 3.63) is 54.0 Å². The number of rotatable bonds is 6. The van der Waals surface area contributed by atoms with E-state index in [9.17, 15) is 14.4 Å². The Morgan fingerprint density at radius 1 is 1.09 bits per heavy atom. The molecule has 1 fully saturated rings. The molecule has 2 N–H and O–H groups in total. The Kier molecular flexibility index (Phi) is 7.56. The van der Waals surface area contributed by atoms with Crippen LogP contribution < -0.4 is 10.6 Å². The van der Waals surface area contributed by atoms with Gasteiger partial charge in [0.15, 0.2) is 6.61 Å². The number of benzene rings is 1. The molecule has 1 aromatic carbocycles. The molecule has 8 heteroatoms. The largest absolute Gasteiger partial charge is 0.467 e. The Bertz CT molecular complexity index is 908. The molecule has 0 spiro atoms. The van der Waals surface area contributed by atoms with Gasteiger partial charge in [0, 0.05) is 18.8 Å². The number of furan rings is 1. The number of amides is 3. The summed E-state index contributed by atoms with van der Waals surface area (Å²) in [5, 5.41) is 5.54. The summed E-state index contributed by atoms with van der Waals surface area (Å²) in [6.07, 6.45) is 2.56. The number of hydrogen-bond acceptors (Lipinski definition) is 5. The first-order chi connectivity index (χ1) is 15.2. The number of nitrogens with one attached hydrogen (secondary N) is 2. The first kappa shape index (κ1) is 23.4. The molecule has 0 saturated carbocycles. The minimum atomic E-state index is -0.404. The molecule has 1 aliphatic heterocycles. The van der Waals surface area contributed by atoms with E-state index in [0.29, 0.717) is 43.9 Å². The molecule has 1 aliphatic rings. The number of esters is 1. The summed E-state index contributed by atoms with van der Waals surface area (Å²) in [6.45, 7) is 7.27. The van der Waals surface area contributed by atoms with Gasteiger partial charge < -0.3 is 24.7 Å². The first-order valence-corrected chi connectivity index (χ1v) is 10.8. The Morgan fingerprint density at radius 2 is 1.78 bits per heavy atom. The molecule has 2 heterocycles. The topological polar surface area (TPSA) is 101 Å². The predicted molar refractivity (Wildman–Crippen MR) is 120 cm³/mol. The van der Waals surface area contributed by atoms with Crippen LogP contribution in [0.3, 0.4) is 0 Å². The molecule has 3 amide bonds. The fourth-order valence-corrected chi connectivity index (χ4v) is 3.51. The van der Waals surface area contributed by atoms with Crippen molar-refractivity contribution in [2.75, 3.05) is 25.0 Å². The summed E-state index contributed by atoms with van der Waals surface area (Å²) < 4.78 is 10.4. The van der Waals surface area contributed by atoms with Crippen LogP contribution in [0.4, 0.5) is 10.5 Å². The summed E-state index contributed by atoms with van der Waals surface area (Å²) in [6, 6.07) is 11.0. The van der Waals surface area contributed by atoms with Crippen LogP contribution in [0.2, 0.25) is 0 Å². The van der Waals surface area contributed by atoms with E-state index in [1.165, 1.54) is 5.56 Å². The second kappa shape index (κ2) is 10.3. The van der Waals surface area contributed by atoms with E-state index in [2.05, 4.69) is 31.4 Å². The normalized spacial score (nSPS) is 14.7. The molecule has 1 saturated heterocycles. The van der Waals surface area contributed by atoms with Crippen molar-refractivity contribution < 1.29 is 23.5 Å². The molecule has 1 aromatic heterocycles. The van der Waals surface area contributed by atoms with Gasteiger partial charge in [-0.05, 0) is 48.1 Å². The minimum Gasteiger partial charge on any atom is -0.467 e. The van der Waals surface area contributed by atoms with Gasteiger partial charge in [-0.2, -0.15) is 0 Å². The van der Waals surface area contributed by atoms with E-state index in [-0.39, 0.29) is 29.9 Å². The number of piperidine rings is 1. The fraction of sp³-hybridized carbons (Fsp3) is 0.458. The lowest BCUT2D eigenvalue weighted by molar-refractivity contribution is -0.152. The Hall–Kier alpha value is -3.29. The van der Waals surface area contributed by atoms with Crippen LogP contribution in [0, 0.1) is 5.92 Å². The number of hydrogen-bond donors (Lipinski definition) is 2. The number of nitrogens with zero attached hydrogens (tertiary/aromatic N) is 1. The molecule has 0 unspecified atom stereocenters. The van der Waals surface area contributed by atoms with E-state index in [4.69, 9.17) is 9.15 Å². The van der Waals surface area contributed by atoms with E-state index < -0.39 is 5.97 Å². The minimum absolute atomic E-state index is 0.0355. The summed E-state index contributed by atoms with van der Waals surface area (Å²) in [4.78, 5) is 38.4. The summed E-state index contributed by atoms with van der Waals surface area (Å²) in [5.74, 6) is -0.418. The highest BCUT2D eigenvalue weighted by atomic mass is 16.5. The predicted octanol–water partition coefficient (Wildman–Crippen LogP) is 3.68. The molecule has 2 aromatic rings. The number of ether oxygens (including phenoxy) is 1. The van der Waals surface area contributed by atoms with Crippen molar-refractivity contribution in [2.24, 2.45) is 5.92 Å². The lowest BCUT2D eigenvalue weighted by Crippen LogP contribution is -2.45. The average molecular weight is 442 g/mol. The summed E-state index contributed by atoms with van der Waals surface area (Å²) in [7, 11) is 0. The first-order valence-electron chi connectivity index (χ1n) is 10.8. The third-order valence-corrected chi connectivity index (χ3v) is 5.49. The number of carbonyl (C=O) groups is 3. The van der Waals surface area contributed by atoms with Crippen LogP contribution in [0.25, 0.3) is 0 Å². The summed E-state index contributed by atoms with van der Waals surface area (Å²) in [5.41, 5.74) is 1.86. The Balaban J connectivity index is 1.36. The molecular weight excluding hydrogens is 410 g/mol. The second-order valence-corrected chi connectivity index (χ2v) is 8.98. The van der Waals surface area contributed by atoms with Gasteiger partial charge in [0.25, 0.3) is 5.91 Å². The SMILES string of the molecule is CC(C)(C)c1ccc(NC(=O)COC(=O)C2CCN(C(=O)NCc3ccco3)CC2)cc1. The third-order valence-electron chi connectivity index (χ3n) is 5.49. The number of urea groups is 1. The van der Waals surface area contributed by atoms with Gasteiger partial charge in [0.05, 0.1) is 18.7 Å².